The second-order valence-electron chi connectivity index (χ2n) is 3.61. The number of pyridine rings is 1. The summed E-state index contributed by atoms with van der Waals surface area (Å²) in [4.78, 5) is 4.11. The Morgan fingerprint density at radius 2 is 2.06 bits per heavy atom. The molecule has 2 rings (SSSR count). The highest BCUT2D eigenvalue weighted by atomic mass is 79.9. The van der Waals surface area contributed by atoms with Gasteiger partial charge in [-0.05, 0) is 40.5 Å². The number of rotatable bonds is 2. The van der Waals surface area contributed by atoms with Crippen molar-refractivity contribution in [2.45, 2.75) is 6.92 Å². The van der Waals surface area contributed by atoms with Crippen molar-refractivity contribution in [3.63, 3.8) is 0 Å². The molecule has 0 saturated heterocycles. The van der Waals surface area contributed by atoms with Crippen LogP contribution >= 0.6 is 39.1 Å². The number of ether oxygens (including phenoxy) is 1. The van der Waals surface area contributed by atoms with Crippen LogP contribution in [0, 0.1) is 6.92 Å². The maximum absolute atomic E-state index is 6.04. The van der Waals surface area contributed by atoms with Crippen molar-refractivity contribution in [2.75, 3.05) is 5.73 Å². The number of nitrogen functional groups attached to an aromatic ring is 1. The number of nitrogens with two attached hydrogens (primary N) is 1. The fourth-order valence-corrected chi connectivity index (χ4v) is 2.05. The number of hydrogen-bond donors (Lipinski definition) is 1. The zero-order valence-corrected chi connectivity index (χ0v) is 12.5. The van der Waals surface area contributed by atoms with Crippen LogP contribution in [-0.2, 0) is 0 Å². The van der Waals surface area contributed by atoms with Gasteiger partial charge in [0.2, 0.25) is 5.88 Å². The summed E-state index contributed by atoms with van der Waals surface area (Å²) in [5.41, 5.74) is 7.19. The number of halogens is 3. The lowest BCUT2D eigenvalue weighted by atomic mass is 10.2. The van der Waals surface area contributed by atoms with Gasteiger partial charge in [-0.25, -0.2) is 4.98 Å². The first-order valence-corrected chi connectivity index (χ1v) is 6.58. The zero-order chi connectivity index (χ0) is 13.3. The predicted molar refractivity (Wildman–Crippen MR) is 77.6 cm³/mol. The van der Waals surface area contributed by atoms with Crippen LogP contribution in [0.25, 0.3) is 0 Å². The van der Waals surface area contributed by atoms with E-state index in [9.17, 15) is 0 Å². The first-order valence-electron chi connectivity index (χ1n) is 5.03. The highest BCUT2D eigenvalue weighted by Gasteiger charge is 2.12. The monoisotopic (exact) mass is 346 g/mol. The Labute approximate surface area is 123 Å². The molecule has 0 atom stereocenters. The van der Waals surface area contributed by atoms with E-state index in [1.165, 1.54) is 6.20 Å². The molecular formula is C12H9BrCl2N2O. The van der Waals surface area contributed by atoms with Gasteiger partial charge in [-0.15, -0.1) is 0 Å². The first kappa shape index (κ1) is 13.5. The lowest BCUT2D eigenvalue weighted by molar-refractivity contribution is 0.459. The van der Waals surface area contributed by atoms with E-state index in [0.717, 1.165) is 5.56 Å². The van der Waals surface area contributed by atoms with E-state index in [1.807, 2.05) is 6.92 Å². The van der Waals surface area contributed by atoms with Gasteiger partial charge in [0.05, 0.1) is 21.4 Å². The van der Waals surface area contributed by atoms with E-state index >= 15 is 0 Å². The average molecular weight is 348 g/mol. The smallest absolute Gasteiger partial charge is 0.234 e. The van der Waals surface area contributed by atoms with Crippen molar-refractivity contribution in [1.29, 1.82) is 0 Å². The van der Waals surface area contributed by atoms with Crippen LogP contribution in [-0.4, -0.2) is 4.98 Å². The number of anilines is 1. The minimum atomic E-state index is 0.349. The molecule has 0 unspecified atom stereocenters. The van der Waals surface area contributed by atoms with Crippen molar-refractivity contribution in [3.8, 4) is 11.6 Å². The van der Waals surface area contributed by atoms with Gasteiger partial charge in [-0.1, -0.05) is 29.3 Å². The van der Waals surface area contributed by atoms with Gasteiger partial charge in [0.1, 0.15) is 10.8 Å². The Bertz CT molecular complexity index is 605. The first-order chi connectivity index (χ1) is 8.50. The van der Waals surface area contributed by atoms with Crippen LogP contribution in [0.4, 0.5) is 5.69 Å². The van der Waals surface area contributed by atoms with Crippen molar-refractivity contribution in [2.24, 2.45) is 0 Å². The third-order valence-corrected chi connectivity index (χ3v) is 4.13. The van der Waals surface area contributed by atoms with Crippen molar-refractivity contribution in [3.05, 3.63) is 44.5 Å². The largest absolute Gasteiger partial charge is 0.436 e. The molecule has 0 amide bonds. The fourth-order valence-electron chi connectivity index (χ4n) is 1.31. The molecular weight excluding hydrogens is 339 g/mol. The SMILES string of the molecule is Cc1c(N)cnc(Oc2cccc(Cl)c2Cl)c1Br. The summed E-state index contributed by atoms with van der Waals surface area (Å²) in [5.74, 6) is 0.840. The standard InChI is InChI=1S/C12H9BrCl2N2O/c1-6-8(16)5-17-12(10(6)13)18-9-4-2-3-7(14)11(9)15/h2-5H,16H2,1H3. The molecule has 0 aliphatic heterocycles. The van der Waals surface area contributed by atoms with Crippen molar-refractivity contribution >= 4 is 44.8 Å². The molecule has 2 N–H and O–H groups in total. The Kier molecular flexibility index (Phi) is 4.00. The van der Waals surface area contributed by atoms with E-state index in [2.05, 4.69) is 20.9 Å². The number of nitrogens with zero attached hydrogens (tertiary/aromatic N) is 1. The summed E-state index contributed by atoms with van der Waals surface area (Å²) in [6.07, 6.45) is 1.54. The predicted octanol–water partition coefficient (Wildman–Crippen LogP) is 4.83. The molecule has 3 nitrogen and oxygen atoms in total. The quantitative estimate of drug-likeness (QED) is 0.845. The fraction of sp³-hybridized carbons (Fsp3) is 0.0833. The summed E-state index contributed by atoms with van der Waals surface area (Å²) >= 11 is 15.3. The average Bonchev–Trinajstić information content (AvgIpc) is 2.35. The van der Waals surface area contributed by atoms with Crippen molar-refractivity contribution in [1.82, 2.24) is 4.98 Å². The van der Waals surface area contributed by atoms with Crippen LogP contribution in [0.15, 0.2) is 28.9 Å². The van der Waals surface area contributed by atoms with E-state index < -0.39 is 0 Å². The Balaban J connectivity index is 2.41. The second-order valence-corrected chi connectivity index (χ2v) is 5.19. The Morgan fingerprint density at radius 3 is 2.78 bits per heavy atom. The lowest BCUT2D eigenvalue weighted by Gasteiger charge is -2.11. The molecule has 0 aliphatic rings. The van der Waals surface area contributed by atoms with Crippen LogP contribution in [0.2, 0.25) is 10.0 Å². The molecule has 1 heterocycles. The van der Waals surface area contributed by atoms with E-state index in [4.69, 9.17) is 33.7 Å². The molecule has 2 aromatic rings. The van der Waals surface area contributed by atoms with E-state index in [1.54, 1.807) is 18.2 Å². The van der Waals surface area contributed by atoms with E-state index in [-0.39, 0.29) is 0 Å². The number of hydrogen-bond acceptors (Lipinski definition) is 3. The maximum Gasteiger partial charge on any atom is 0.234 e. The molecule has 1 aromatic carbocycles. The topological polar surface area (TPSA) is 48.1 Å². The molecule has 0 spiro atoms. The van der Waals surface area contributed by atoms with Gasteiger partial charge in [-0.2, -0.15) is 0 Å². The molecule has 0 bridgehead atoms. The van der Waals surface area contributed by atoms with Gasteiger partial charge < -0.3 is 10.5 Å². The lowest BCUT2D eigenvalue weighted by Crippen LogP contribution is -1.96. The minimum Gasteiger partial charge on any atom is -0.436 e. The molecule has 0 fully saturated rings. The summed E-state index contributed by atoms with van der Waals surface area (Å²) < 4.78 is 6.32. The van der Waals surface area contributed by atoms with Gasteiger partial charge in [-0.3, -0.25) is 0 Å². The maximum atomic E-state index is 6.04. The third-order valence-electron chi connectivity index (χ3n) is 2.39. The van der Waals surface area contributed by atoms with Crippen LogP contribution < -0.4 is 10.5 Å². The summed E-state index contributed by atoms with van der Waals surface area (Å²) in [6, 6.07) is 5.16. The van der Waals surface area contributed by atoms with Gasteiger partial charge >= 0.3 is 0 Å². The van der Waals surface area contributed by atoms with Crippen LogP contribution in [0.5, 0.6) is 11.6 Å². The molecule has 0 radical (unpaired) electrons. The van der Waals surface area contributed by atoms with Crippen molar-refractivity contribution < 1.29 is 4.74 Å². The summed E-state index contributed by atoms with van der Waals surface area (Å²) in [5, 5.41) is 0.778. The third kappa shape index (κ3) is 2.55. The zero-order valence-electron chi connectivity index (χ0n) is 9.38. The molecule has 1 aromatic heterocycles. The molecule has 0 aliphatic carbocycles. The molecule has 6 heteroatoms. The van der Waals surface area contributed by atoms with Gasteiger partial charge in [0, 0.05) is 0 Å². The minimum absolute atomic E-state index is 0.349. The molecule has 0 saturated carbocycles. The second kappa shape index (κ2) is 5.34. The van der Waals surface area contributed by atoms with Crippen LogP contribution in [0.3, 0.4) is 0 Å². The highest BCUT2D eigenvalue weighted by molar-refractivity contribution is 9.10. The summed E-state index contributed by atoms with van der Waals surface area (Å²) in [6.45, 7) is 1.87. The highest BCUT2D eigenvalue weighted by Crippen LogP contribution is 2.37. The Hall–Kier alpha value is -0.970. The van der Waals surface area contributed by atoms with Gasteiger partial charge in [0.25, 0.3) is 0 Å². The summed E-state index contributed by atoms with van der Waals surface area (Å²) in [7, 11) is 0. The molecule has 18 heavy (non-hydrogen) atoms. The number of aromatic nitrogens is 1. The Morgan fingerprint density at radius 1 is 1.33 bits per heavy atom. The molecule has 94 valence electrons. The van der Waals surface area contributed by atoms with Gasteiger partial charge in [0.15, 0.2) is 0 Å². The number of benzene rings is 1. The van der Waals surface area contributed by atoms with E-state index in [0.29, 0.717) is 31.8 Å². The van der Waals surface area contributed by atoms with Crippen LogP contribution in [0.1, 0.15) is 5.56 Å². The normalized spacial score (nSPS) is 10.4.